The normalized spacial score (nSPS) is 11.7. The van der Waals surface area contributed by atoms with Crippen molar-refractivity contribution in [3.05, 3.63) is 64.2 Å². The van der Waals surface area contributed by atoms with Crippen molar-refractivity contribution < 1.29 is 14.5 Å². The highest BCUT2D eigenvalue weighted by atomic mass is 79.9. The van der Waals surface area contributed by atoms with Crippen molar-refractivity contribution in [2.24, 2.45) is 0 Å². The zero-order valence-corrected chi connectivity index (χ0v) is 11.8. The SMILES string of the molecule is O=CC(Br)c1ccc(Oc2cccc([N+](=O)[O-])c2)cc1. The van der Waals surface area contributed by atoms with E-state index >= 15 is 0 Å². The Hall–Kier alpha value is -2.21. The summed E-state index contributed by atoms with van der Waals surface area (Å²) in [6.45, 7) is 0. The van der Waals surface area contributed by atoms with E-state index in [1.165, 1.54) is 12.1 Å². The minimum Gasteiger partial charge on any atom is -0.457 e. The number of carbonyl (C=O) groups excluding carboxylic acids is 1. The molecule has 0 aromatic heterocycles. The number of hydrogen-bond donors (Lipinski definition) is 0. The Bertz CT molecular complexity index is 627. The summed E-state index contributed by atoms with van der Waals surface area (Å²) >= 11 is 3.22. The van der Waals surface area contributed by atoms with Crippen LogP contribution in [0.3, 0.4) is 0 Å². The summed E-state index contributed by atoms with van der Waals surface area (Å²) in [6.07, 6.45) is 0.788. The molecule has 0 aliphatic heterocycles. The fourth-order valence-electron chi connectivity index (χ4n) is 1.59. The van der Waals surface area contributed by atoms with Gasteiger partial charge >= 0.3 is 0 Å². The number of halogens is 1. The van der Waals surface area contributed by atoms with Gasteiger partial charge in [0.15, 0.2) is 0 Å². The number of aldehydes is 1. The lowest BCUT2D eigenvalue weighted by Crippen LogP contribution is -1.91. The molecule has 1 unspecified atom stereocenters. The third kappa shape index (κ3) is 3.42. The Morgan fingerprint density at radius 1 is 1.15 bits per heavy atom. The van der Waals surface area contributed by atoms with Crippen molar-refractivity contribution in [1.29, 1.82) is 0 Å². The van der Waals surface area contributed by atoms with Crippen LogP contribution >= 0.6 is 15.9 Å². The first kappa shape index (κ1) is 14.2. The molecule has 2 aromatic carbocycles. The van der Waals surface area contributed by atoms with Crippen LogP contribution in [-0.4, -0.2) is 11.2 Å². The second-order valence-electron chi connectivity index (χ2n) is 3.96. The average Bonchev–Trinajstić information content (AvgIpc) is 2.47. The van der Waals surface area contributed by atoms with E-state index in [0.717, 1.165) is 11.8 Å². The Balaban J connectivity index is 2.16. The van der Waals surface area contributed by atoms with Crippen molar-refractivity contribution >= 4 is 27.9 Å². The smallest absolute Gasteiger partial charge is 0.273 e. The zero-order valence-electron chi connectivity index (χ0n) is 10.2. The van der Waals surface area contributed by atoms with E-state index in [2.05, 4.69) is 15.9 Å². The van der Waals surface area contributed by atoms with E-state index in [9.17, 15) is 14.9 Å². The van der Waals surface area contributed by atoms with Gasteiger partial charge in [0, 0.05) is 6.07 Å². The number of benzene rings is 2. The lowest BCUT2D eigenvalue weighted by molar-refractivity contribution is -0.384. The molecule has 0 N–H and O–H groups in total. The fourth-order valence-corrected chi connectivity index (χ4v) is 1.90. The number of nitro groups is 1. The van der Waals surface area contributed by atoms with Gasteiger partial charge in [0.2, 0.25) is 0 Å². The van der Waals surface area contributed by atoms with Gasteiger partial charge in [0.1, 0.15) is 17.8 Å². The van der Waals surface area contributed by atoms with Gasteiger partial charge in [-0.1, -0.05) is 34.1 Å². The molecular formula is C14H10BrNO4. The lowest BCUT2D eigenvalue weighted by atomic mass is 10.1. The minimum atomic E-state index is -0.477. The third-order valence-corrected chi connectivity index (χ3v) is 3.33. The van der Waals surface area contributed by atoms with Gasteiger partial charge < -0.3 is 9.53 Å². The largest absolute Gasteiger partial charge is 0.457 e. The van der Waals surface area contributed by atoms with Crippen LogP contribution in [0.25, 0.3) is 0 Å². The van der Waals surface area contributed by atoms with Gasteiger partial charge in [0.25, 0.3) is 5.69 Å². The van der Waals surface area contributed by atoms with E-state index in [-0.39, 0.29) is 10.5 Å². The Labute approximate surface area is 123 Å². The highest BCUT2D eigenvalue weighted by Crippen LogP contribution is 2.27. The van der Waals surface area contributed by atoms with Crippen LogP contribution in [0.5, 0.6) is 11.5 Å². The Morgan fingerprint density at radius 2 is 1.85 bits per heavy atom. The predicted molar refractivity (Wildman–Crippen MR) is 77.3 cm³/mol. The van der Waals surface area contributed by atoms with E-state index in [0.29, 0.717) is 11.5 Å². The first-order valence-electron chi connectivity index (χ1n) is 5.72. The number of non-ortho nitro benzene ring substituents is 1. The molecule has 0 spiro atoms. The Kier molecular flexibility index (Phi) is 4.47. The van der Waals surface area contributed by atoms with Crippen LogP contribution in [-0.2, 0) is 4.79 Å². The van der Waals surface area contributed by atoms with Gasteiger partial charge in [-0.3, -0.25) is 10.1 Å². The number of hydrogen-bond acceptors (Lipinski definition) is 4. The van der Waals surface area contributed by atoms with Crippen LogP contribution in [0.15, 0.2) is 48.5 Å². The highest BCUT2D eigenvalue weighted by molar-refractivity contribution is 9.09. The summed E-state index contributed by atoms with van der Waals surface area (Å²) in [5.74, 6) is 0.928. The summed E-state index contributed by atoms with van der Waals surface area (Å²) in [7, 11) is 0. The number of rotatable bonds is 5. The number of alkyl halides is 1. The van der Waals surface area contributed by atoms with Crippen LogP contribution in [0.4, 0.5) is 5.69 Å². The summed E-state index contributed by atoms with van der Waals surface area (Å²) in [5.41, 5.74) is 0.784. The molecule has 0 saturated heterocycles. The molecule has 2 aromatic rings. The van der Waals surface area contributed by atoms with Gasteiger partial charge in [-0.05, 0) is 23.8 Å². The second kappa shape index (κ2) is 6.29. The number of nitro benzene ring substituents is 1. The zero-order chi connectivity index (χ0) is 14.5. The van der Waals surface area contributed by atoms with Crippen LogP contribution in [0.1, 0.15) is 10.4 Å². The number of carbonyl (C=O) groups is 1. The monoisotopic (exact) mass is 335 g/mol. The first-order valence-corrected chi connectivity index (χ1v) is 6.63. The quantitative estimate of drug-likeness (QED) is 0.358. The van der Waals surface area contributed by atoms with Crippen LogP contribution in [0, 0.1) is 10.1 Å². The highest BCUT2D eigenvalue weighted by Gasteiger charge is 2.08. The Morgan fingerprint density at radius 3 is 2.45 bits per heavy atom. The molecule has 1 atom stereocenters. The van der Waals surface area contributed by atoms with Crippen LogP contribution < -0.4 is 4.74 Å². The fraction of sp³-hybridized carbons (Fsp3) is 0.0714. The topological polar surface area (TPSA) is 69.4 Å². The third-order valence-electron chi connectivity index (χ3n) is 2.58. The number of ether oxygens (including phenoxy) is 1. The van der Waals surface area contributed by atoms with Gasteiger partial charge in [0.05, 0.1) is 15.8 Å². The molecule has 20 heavy (non-hydrogen) atoms. The molecule has 2 rings (SSSR count). The van der Waals surface area contributed by atoms with E-state index in [1.54, 1.807) is 36.4 Å². The van der Waals surface area contributed by atoms with Crippen molar-refractivity contribution in [3.8, 4) is 11.5 Å². The average molecular weight is 336 g/mol. The molecule has 0 bridgehead atoms. The molecule has 0 fully saturated rings. The van der Waals surface area contributed by atoms with Gasteiger partial charge in [-0.25, -0.2) is 0 Å². The summed E-state index contributed by atoms with van der Waals surface area (Å²) in [6, 6.07) is 12.9. The molecular weight excluding hydrogens is 326 g/mol. The summed E-state index contributed by atoms with van der Waals surface area (Å²) in [4.78, 5) is 20.5. The van der Waals surface area contributed by atoms with E-state index in [4.69, 9.17) is 4.74 Å². The summed E-state index contributed by atoms with van der Waals surface area (Å²) in [5, 5.41) is 10.7. The van der Waals surface area contributed by atoms with E-state index < -0.39 is 4.92 Å². The number of nitrogens with zero attached hydrogens (tertiary/aromatic N) is 1. The molecule has 0 radical (unpaired) electrons. The molecule has 5 nitrogen and oxygen atoms in total. The van der Waals surface area contributed by atoms with Crippen LogP contribution in [0.2, 0.25) is 0 Å². The molecule has 0 heterocycles. The maximum atomic E-state index is 10.7. The molecule has 102 valence electrons. The van der Waals surface area contributed by atoms with Gasteiger partial charge in [-0.2, -0.15) is 0 Å². The van der Waals surface area contributed by atoms with Crippen molar-refractivity contribution in [2.75, 3.05) is 0 Å². The maximum absolute atomic E-state index is 10.7. The molecule has 0 aliphatic rings. The predicted octanol–water partition coefficient (Wildman–Crippen LogP) is 4.02. The molecule has 6 heteroatoms. The molecule has 0 amide bonds. The van der Waals surface area contributed by atoms with Crippen molar-refractivity contribution in [1.82, 2.24) is 0 Å². The maximum Gasteiger partial charge on any atom is 0.273 e. The van der Waals surface area contributed by atoms with Crippen molar-refractivity contribution in [2.45, 2.75) is 4.83 Å². The minimum absolute atomic E-state index is 0.0272. The standard InChI is InChI=1S/C14H10BrNO4/c15-14(9-17)10-4-6-12(7-5-10)20-13-3-1-2-11(8-13)16(18)19/h1-9,14H. The molecule has 0 aliphatic carbocycles. The first-order chi connectivity index (χ1) is 9.60. The summed E-state index contributed by atoms with van der Waals surface area (Å²) < 4.78 is 5.53. The molecule has 0 saturated carbocycles. The second-order valence-corrected chi connectivity index (χ2v) is 4.95. The lowest BCUT2D eigenvalue weighted by Gasteiger charge is -2.07. The van der Waals surface area contributed by atoms with E-state index in [1.807, 2.05) is 0 Å². The van der Waals surface area contributed by atoms with Gasteiger partial charge in [-0.15, -0.1) is 0 Å². The van der Waals surface area contributed by atoms with Crippen molar-refractivity contribution in [3.63, 3.8) is 0 Å².